The number of benzene rings is 2. The summed E-state index contributed by atoms with van der Waals surface area (Å²) in [6.45, 7) is 13.2. The highest BCUT2D eigenvalue weighted by molar-refractivity contribution is 5.67. The summed E-state index contributed by atoms with van der Waals surface area (Å²) in [5.74, 6) is 5.37. The third-order valence-corrected chi connectivity index (χ3v) is 6.50. The summed E-state index contributed by atoms with van der Waals surface area (Å²) >= 11 is 0. The van der Waals surface area contributed by atoms with Crippen LogP contribution in [0.4, 0.5) is 33.4 Å². The van der Waals surface area contributed by atoms with Gasteiger partial charge >= 0.3 is 6.09 Å². The number of likely N-dealkylation sites (N-methyl/N-ethyl adjacent to an activating group) is 1. The first kappa shape index (κ1) is 32.6. The number of pyridine rings is 1. The molecule has 1 fully saturated rings. The molecule has 13 heteroatoms. The Morgan fingerprint density at radius 1 is 1.12 bits per heavy atom. The van der Waals surface area contributed by atoms with Crippen LogP contribution >= 0.6 is 0 Å². The molecule has 1 aromatic heterocycles. The number of rotatable bonds is 8. The lowest BCUT2D eigenvalue weighted by Gasteiger charge is -2.35. The Morgan fingerprint density at radius 2 is 1.77 bits per heavy atom. The van der Waals surface area contributed by atoms with E-state index >= 15 is 0 Å². The van der Waals surface area contributed by atoms with Crippen molar-refractivity contribution < 1.29 is 14.5 Å². The van der Waals surface area contributed by atoms with Crippen molar-refractivity contribution in [2.45, 2.75) is 39.8 Å². The molecule has 0 spiro atoms. The molecule has 228 valence electrons. The van der Waals surface area contributed by atoms with Crippen LogP contribution in [-0.4, -0.2) is 59.2 Å². The first-order chi connectivity index (χ1) is 20.5. The van der Waals surface area contributed by atoms with Crippen molar-refractivity contribution in [3.05, 3.63) is 82.0 Å². The predicted octanol–water partition coefficient (Wildman–Crippen LogP) is 4.74. The van der Waals surface area contributed by atoms with E-state index in [1.807, 2.05) is 17.6 Å². The number of nitrogens with one attached hydrogen (secondary N) is 3. The zero-order chi connectivity index (χ0) is 31.4. The van der Waals surface area contributed by atoms with Crippen LogP contribution in [0, 0.1) is 21.4 Å². The Morgan fingerprint density at radius 3 is 2.28 bits per heavy atom. The van der Waals surface area contributed by atoms with E-state index in [-0.39, 0.29) is 5.69 Å². The van der Waals surface area contributed by atoms with Gasteiger partial charge < -0.3 is 25.2 Å². The van der Waals surface area contributed by atoms with Gasteiger partial charge in [-0.15, -0.1) is 0 Å². The van der Waals surface area contributed by atoms with E-state index in [1.165, 1.54) is 24.0 Å². The zero-order valence-corrected chi connectivity index (χ0v) is 25.0. The molecule has 1 aliphatic rings. The van der Waals surface area contributed by atoms with Crippen molar-refractivity contribution in [1.82, 2.24) is 15.3 Å². The standard InChI is InChI=1S/C25H27N7O2.C5H12N2O2/c1-2-30-11-13-31(14-12-30)22-9-5-21(6-10-22)29-25-15-24(20(16-26)18-28-25)27-17-19-3-7-23(8-4-19)32(33)34;1-5(2,3)9-4(8)7-6/h3-10,15,18H,2,11-14,17H2,1H3,(H2,27,28,29);6H2,1-3H3,(H,7,8). The Kier molecular flexibility index (Phi) is 11.6. The highest BCUT2D eigenvalue weighted by atomic mass is 16.6. The molecule has 0 unspecified atom stereocenters. The van der Waals surface area contributed by atoms with E-state index in [1.54, 1.807) is 39.0 Å². The SMILES string of the molecule is CC(C)(C)OC(=O)NN.CCN1CCN(c2ccc(Nc3cc(NCc4ccc([N+](=O)[O-])cc4)c(C#N)cn3)cc2)CC1. The molecule has 3 aromatic rings. The molecule has 1 aliphatic heterocycles. The molecule has 2 heterocycles. The number of non-ortho nitro benzene ring substituents is 1. The van der Waals surface area contributed by atoms with Crippen molar-refractivity contribution in [1.29, 1.82) is 5.26 Å². The number of anilines is 4. The van der Waals surface area contributed by atoms with Crippen LogP contribution in [0.5, 0.6) is 0 Å². The maximum atomic E-state index is 10.8. The van der Waals surface area contributed by atoms with E-state index in [2.05, 4.69) is 50.5 Å². The van der Waals surface area contributed by atoms with Gasteiger partial charge in [-0.05, 0) is 57.1 Å². The molecule has 0 bridgehead atoms. The lowest BCUT2D eigenvalue weighted by Crippen LogP contribution is -2.46. The average Bonchev–Trinajstić information content (AvgIpc) is 3.00. The summed E-state index contributed by atoms with van der Waals surface area (Å²) in [7, 11) is 0. The van der Waals surface area contributed by atoms with Gasteiger partial charge in [0.05, 0.1) is 16.2 Å². The van der Waals surface area contributed by atoms with Crippen LogP contribution in [0.3, 0.4) is 0 Å². The number of nitro benzene ring substituents is 1. The van der Waals surface area contributed by atoms with Gasteiger partial charge in [-0.2, -0.15) is 5.26 Å². The molecule has 43 heavy (non-hydrogen) atoms. The van der Waals surface area contributed by atoms with Crippen LogP contribution in [0.15, 0.2) is 60.8 Å². The first-order valence-corrected chi connectivity index (χ1v) is 13.9. The van der Waals surface area contributed by atoms with Gasteiger partial charge in [-0.3, -0.25) is 15.5 Å². The average molecular weight is 590 g/mol. The number of hydrazine groups is 1. The van der Waals surface area contributed by atoms with Gasteiger partial charge in [0.1, 0.15) is 17.5 Å². The summed E-state index contributed by atoms with van der Waals surface area (Å²) in [6.07, 6.45) is 0.921. The van der Waals surface area contributed by atoms with Crippen molar-refractivity contribution in [3.63, 3.8) is 0 Å². The third-order valence-electron chi connectivity index (χ3n) is 6.50. The van der Waals surface area contributed by atoms with Gasteiger partial charge in [0.15, 0.2) is 0 Å². The predicted molar refractivity (Wildman–Crippen MR) is 167 cm³/mol. The molecule has 2 aromatic carbocycles. The fourth-order valence-corrected chi connectivity index (χ4v) is 4.23. The number of nitrogens with two attached hydrogens (primary N) is 1. The lowest BCUT2D eigenvalue weighted by atomic mass is 10.2. The number of nitrogens with zero attached hydrogens (tertiary/aromatic N) is 5. The van der Waals surface area contributed by atoms with Gasteiger partial charge in [0.25, 0.3) is 5.69 Å². The topological polar surface area (TPSA) is 175 Å². The normalized spacial score (nSPS) is 13.2. The molecule has 5 N–H and O–H groups in total. The number of nitriles is 1. The lowest BCUT2D eigenvalue weighted by molar-refractivity contribution is -0.384. The van der Waals surface area contributed by atoms with Crippen molar-refractivity contribution >= 4 is 34.7 Å². The Balaban J connectivity index is 0.000000489. The highest BCUT2D eigenvalue weighted by Gasteiger charge is 2.16. The van der Waals surface area contributed by atoms with Crippen molar-refractivity contribution in [2.75, 3.05) is 48.3 Å². The monoisotopic (exact) mass is 589 g/mol. The molecule has 1 amide bonds. The maximum Gasteiger partial charge on any atom is 0.421 e. The second-order valence-electron chi connectivity index (χ2n) is 10.7. The van der Waals surface area contributed by atoms with Gasteiger partial charge in [0.2, 0.25) is 0 Å². The number of nitro groups is 1. The number of amides is 1. The molecule has 0 aliphatic carbocycles. The second-order valence-corrected chi connectivity index (χ2v) is 10.7. The van der Waals surface area contributed by atoms with Crippen molar-refractivity contribution in [2.24, 2.45) is 5.84 Å². The smallest absolute Gasteiger partial charge is 0.421 e. The summed E-state index contributed by atoms with van der Waals surface area (Å²) in [6, 6.07) is 18.6. The Bertz CT molecular complexity index is 1390. The molecule has 13 nitrogen and oxygen atoms in total. The summed E-state index contributed by atoms with van der Waals surface area (Å²) in [5, 5.41) is 26.8. The van der Waals surface area contributed by atoms with Crippen LogP contribution in [0.2, 0.25) is 0 Å². The number of ether oxygens (including phenoxy) is 1. The van der Waals surface area contributed by atoms with E-state index < -0.39 is 16.6 Å². The molecule has 0 atom stereocenters. The van der Waals surface area contributed by atoms with Gasteiger partial charge in [-0.1, -0.05) is 19.1 Å². The molecule has 1 saturated heterocycles. The quantitative estimate of drug-likeness (QED) is 0.124. The number of hydrogen-bond donors (Lipinski definition) is 4. The Labute approximate surface area is 251 Å². The minimum Gasteiger partial charge on any atom is -0.443 e. The number of carbonyl (C=O) groups is 1. The molecule has 4 rings (SSSR count). The number of piperazine rings is 1. The summed E-state index contributed by atoms with van der Waals surface area (Å²) in [5.41, 5.74) is 5.50. The summed E-state index contributed by atoms with van der Waals surface area (Å²) in [4.78, 5) is 30.0. The van der Waals surface area contributed by atoms with E-state index in [0.29, 0.717) is 23.6 Å². The number of aromatic nitrogens is 1. The second kappa shape index (κ2) is 15.3. The minimum atomic E-state index is -0.609. The van der Waals surface area contributed by atoms with E-state index in [4.69, 9.17) is 10.6 Å². The third kappa shape index (κ3) is 10.4. The van der Waals surface area contributed by atoms with Crippen LogP contribution < -0.4 is 26.8 Å². The number of hydrogen-bond acceptors (Lipinski definition) is 11. The van der Waals surface area contributed by atoms with E-state index in [9.17, 15) is 20.2 Å². The van der Waals surface area contributed by atoms with Crippen LogP contribution in [0.25, 0.3) is 0 Å². The van der Waals surface area contributed by atoms with Crippen LogP contribution in [0.1, 0.15) is 38.8 Å². The first-order valence-electron chi connectivity index (χ1n) is 13.9. The zero-order valence-electron chi connectivity index (χ0n) is 25.0. The fraction of sp³-hybridized carbons (Fsp3) is 0.367. The van der Waals surface area contributed by atoms with E-state index in [0.717, 1.165) is 44.0 Å². The van der Waals surface area contributed by atoms with Crippen LogP contribution in [-0.2, 0) is 11.3 Å². The Hall–Kier alpha value is -4.93. The molecule has 0 radical (unpaired) electrons. The van der Waals surface area contributed by atoms with Crippen molar-refractivity contribution in [3.8, 4) is 6.07 Å². The number of carbonyl (C=O) groups excluding carboxylic acids is 1. The highest BCUT2D eigenvalue weighted by Crippen LogP contribution is 2.25. The molecule has 0 saturated carbocycles. The fourth-order valence-electron chi connectivity index (χ4n) is 4.23. The molecular weight excluding hydrogens is 550 g/mol. The summed E-state index contributed by atoms with van der Waals surface area (Å²) < 4.78 is 4.71. The van der Waals surface area contributed by atoms with Gasteiger partial charge in [-0.25, -0.2) is 15.6 Å². The largest absolute Gasteiger partial charge is 0.443 e. The maximum absolute atomic E-state index is 10.8. The van der Waals surface area contributed by atoms with Gasteiger partial charge in [0, 0.05) is 68.5 Å². The minimum absolute atomic E-state index is 0.0473. The molecular formula is C30H39N9O4.